The molecule has 0 saturated carbocycles. The van der Waals surface area contributed by atoms with Gasteiger partial charge in [-0.25, -0.2) is 13.4 Å². The number of sulfone groups is 1. The number of fused-ring (bicyclic) bond motifs is 1. The van der Waals surface area contributed by atoms with Gasteiger partial charge in [0, 0.05) is 24.0 Å². The molecule has 0 aliphatic carbocycles. The van der Waals surface area contributed by atoms with Crippen molar-refractivity contribution in [2.24, 2.45) is 0 Å². The number of aromatic nitrogens is 1. The number of oxazole rings is 1. The predicted molar refractivity (Wildman–Crippen MR) is 78.2 cm³/mol. The summed E-state index contributed by atoms with van der Waals surface area (Å²) in [6.45, 7) is 0.458. The molecule has 1 aliphatic rings. The largest absolute Gasteiger partial charge is 0.439 e. The summed E-state index contributed by atoms with van der Waals surface area (Å²) in [5, 5.41) is 4.04. The molecule has 0 amide bonds. The maximum atomic E-state index is 11.6. The van der Waals surface area contributed by atoms with E-state index in [1.807, 2.05) is 0 Å². The molecule has 1 aliphatic heterocycles. The molecular weight excluding hydrogens is 323 g/mol. The lowest BCUT2D eigenvalue weighted by Gasteiger charge is -2.22. The van der Waals surface area contributed by atoms with Crippen molar-refractivity contribution >= 4 is 44.1 Å². The zero-order valence-corrected chi connectivity index (χ0v) is 12.7. The third-order valence-corrected chi connectivity index (χ3v) is 5.41. The first kappa shape index (κ1) is 14.1. The summed E-state index contributed by atoms with van der Waals surface area (Å²) in [6.07, 6.45) is 0.405. The van der Waals surface area contributed by atoms with Gasteiger partial charge in [0.2, 0.25) is 0 Å². The molecule has 1 N–H and O–H groups in total. The number of halogens is 2. The summed E-state index contributed by atoms with van der Waals surface area (Å²) in [5.74, 6) is 0.734. The standard InChI is InChI=1S/C12H12Cl2N2O3S/c13-7-3-9(14)12-10(4-7)16-11(19-12)5-8-6-20(17,18)2-1-15-8/h3-4,8,15H,1-2,5-6H2. The highest BCUT2D eigenvalue weighted by atomic mass is 35.5. The molecule has 1 aromatic carbocycles. The van der Waals surface area contributed by atoms with Gasteiger partial charge in [0.1, 0.15) is 5.52 Å². The van der Waals surface area contributed by atoms with Gasteiger partial charge in [-0.1, -0.05) is 23.2 Å². The second-order valence-electron chi connectivity index (χ2n) is 4.81. The van der Waals surface area contributed by atoms with Gasteiger partial charge in [-0.2, -0.15) is 0 Å². The third-order valence-electron chi connectivity index (χ3n) is 3.18. The Bertz CT molecular complexity index is 757. The summed E-state index contributed by atoms with van der Waals surface area (Å²) in [4.78, 5) is 4.31. The van der Waals surface area contributed by atoms with Crippen molar-refractivity contribution in [1.29, 1.82) is 0 Å². The summed E-state index contributed by atoms with van der Waals surface area (Å²) in [7, 11) is -2.98. The number of nitrogens with one attached hydrogen (secondary N) is 1. The smallest absolute Gasteiger partial charge is 0.197 e. The Hall–Kier alpha value is -0.820. The molecule has 3 rings (SSSR count). The van der Waals surface area contributed by atoms with Crippen molar-refractivity contribution in [3.8, 4) is 0 Å². The molecule has 5 nitrogen and oxygen atoms in total. The minimum Gasteiger partial charge on any atom is -0.439 e. The molecule has 8 heteroatoms. The van der Waals surface area contributed by atoms with Gasteiger partial charge < -0.3 is 9.73 Å². The summed E-state index contributed by atoms with van der Waals surface area (Å²) in [6, 6.07) is 3.07. The number of hydrogen-bond donors (Lipinski definition) is 1. The number of hydrogen-bond acceptors (Lipinski definition) is 5. The fraction of sp³-hybridized carbons (Fsp3) is 0.417. The van der Waals surface area contributed by atoms with Crippen LogP contribution in [0.25, 0.3) is 11.1 Å². The highest BCUT2D eigenvalue weighted by Gasteiger charge is 2.26. The van der Waals surface area contributed by atoms with E-state index in [-0.39, 0.29) is 17.5 Å². The summed E-state index contributed by atoms with van der Waals surface area (Å²) >= 11 is 11.9. The normalized spacial score (nSPS) is 22.2. The van der Waals surface area contributed by atoms with Crippen LogP contribution in [0.4, 0.5) is 0 Å². The van der Waals surface area contributed by atoms with Crippen LogP contribution in [0.2, 0.25) is 10.0 Å². The van der Waals surface area contributed by atoms with E-state index in [0.717, 1.165) is 0 Å². The topological polar surface area (TPSA) is 72.2 Å². The van der Waals surface area contributed by atoms with Gasteiger partial charge in [-0.3, -0.25) is 0 Å². The van der Waals surface area contributed by atoms with Crippen LogP contribution in [-0.2, 0) is 16.3 Å². The van der Waals surface area contributed by atoms with Crippen LogP contribution in [0.15, 0.2) is 16.5 Å². The lowest BCUT2D eigenvalue weighted by atomic mass is 10.2. The van der Waals surface area contributed by atoms with E-state index < -0.39 is 9.84 Å². The maximum absolute atomic E-state index is 11.6. The lowest BCUT2D eigenvalue weighted by Crippen LogP contribution is -2.46. The number of benzene rings is 1. The van der Waals surface area contributed by atoms with Crippen molar-refractivity contribution in [1.82, 2.24) is 10.3 Å². The third kappa shape index (κ3) is 2.93. The van der Waals surface area contributed by atoms with E-state index in [1.54, 1.807) is 12.1 Å². The first-order valence-electron chi connectivity index (χ1n) is 6.11. The Labute approximate surface area is 126 Å². The van der Waals surface area contributed by atoms with Gasteiger partial charge in [0.05, 0.1) is 16.5 Å². The first-order valence-corrected chi connectivity index (χ1v) is 8.69. The summed E-state index contributed by atoms with van der Waals surface area (Å²) < 4.78 is 28.8. The molecule has 1 fully saturated rings. The van der Waals surface area contributed by atoms with E-state index in [4.69, 9.17) is 27.6 Å². The van der Waals surface area contributed by atoms with Crippen molar-refractivity contribution in [2.45, 2.75) is 12.5 Å². The van der Waals surface area contributed by atoms with E-state index in [0.29, 0.717) is 40.0 Å². The highest BCUT2D eigenvalue weighted by molar-refractivity contribution is 7.91. The van der Waals surface area contributed by atoms with Gasteiger partial charge in [-0.15, -0.1) is 0 Å². The fourth-order valence-corrected chi connectivity index (χ4v) is 4.27. The zero-order chi connectivity index (χ0) is 14.3. The molecule has 1 atom stereocenters. The van der Waals surface area contributed by atoms with Crippen LogP contribution in [-0.4, -0.2) is 37.5 Å². The van der Waals surface area contributed by atoms with Crippen LogP contribution in [0.5, 0.6) is 0 Å². The quantitative estimate of drug-likeness (QED) is 0.910. The molecule has 0 spiro atoms. The van der Waals surface area contributed by atoms with Gasteiger partial charge in [0.25, 0.3) is 0 Å². The fourth-order valence-electron chi connectivity index (χ4n) is 2.30. The monoisotopic (exact) mass is 334 g/mol. The van der Waals surface area contributed by atoms with Crippen LogP contribution < -0.4 is 5.32 Å². The van der Waals surface area contributed by atoms with Crippen molar-refractivity contribution in [3.63, 3.8) is 0 Å². The Morgan fingerprint density at radius 2 is 2.20 bits per heavy atom. The van der Waals surface area contributed by atoms with Gasteiger partial charge in [-0.05, 0) is 12.1 Å². The highest BCUT2D eigenvalue weighted by Crippen LogP contribution is 2.28. The molecule has 1 saturated heterocycles. The van der Waals surface area contributed by atoms with Gasteiger partial charge in [0.15, 0.2) is 21.3 Å². The average molecular weight is 335 g/mol. The minimum absolute atomic E-state index is 0.0974. The second-order valence-corrected chi connectivity index (χ2v) is 7.89. The number of nitrogens with zero attached hydrogens (tertiary/aromatic N) is 1. The van der Waals surface area contributed by atoms with Gasteiger partial charge >= 0.3 is 0 Å². The molecule has 2 aromatic rings. The second kappa shape index (κ2) is 5.18. The maximum Gasteiger partial charge on any atom is 0.197 e. The molecule has 0 radical (unpaired) electrons. The van der Waals surface area contributed by atoms with Crippen molar-refractivity contribution in [3.05, 3.63) is 28.1 Å². The molecular formula is C12H12Cl2N2O3S. The van der Waals surface area contributed by atoms with E-state index >= 15 is 0 Å². The Balaban J connectivity index is 1.86. The molecule has 20 heavy (non-hydrogen) atoms. The van der Waals surface area contributed by atoms with E-state index in [1.165, 1.54) is 0 Å². The Morgan fingerprint density at radius 1 is 1.40 bits per heavy atom. The molecule has 0 bridgehead atoms. The molecule has 2 heterocycles. The van der Waals surface area contributed by atoms with Crippen LogP contribution in [0.3, 0.4) is 0 Å². The summed E-state index contributed by atoms with van der Waals surface area (Å²) in [5.41, 5.74) is 1.06. The van der Waals surface area contributed by atoms with Crippen molar-refractivity contribution in [2.75, 3.05) is 18.1 Å². The predicted octanol–water partition coefficient (Wildman–Crippen LogP) is 2.06. The van der Waals surface area contributed by atoms with Crippen LogP contribution in [0.1, 0.15) is 5.89 Å². The molecule has 1 unspecified atom stereocenters. The van der Waals surface area contributed by atoms with Crippen LogP contribution in [0, 0.1) is 0 Å². The number of rotatable bonds is 2. The minimum atomic E-state index is -2.98. The SMILES string of the molecule is O=S1(=O)CCNC(Cc2nc3cc(Cl)cc(Cl)c3o2)C1. The lowest BCUT2D eigenvalue weighted by molar-refractivity contribution is 0.457. The van der Waals surface area contributed by atoms with Crippen molar-refractivity contribution < 1.29 is 12.8 Å². The first-order chi connectivity index (χ1) is 9.43. The zero-order valence-electron chi connectivity index (χ0n) is 10.4. The average Bonchev–Trinajstić information content (AvgIpc) is 2.70. The Kier molecular flexibility index (Phi) is 3.66. The molecule has 1 aromatic heterocycles. The van der Waals surface area contributed by atoms with E-state index in [9.17, 15) is 8.42 Å². The van der Waals surface area contributed by atoms with Crippen LogP contribution >= 0.6 is 23.2 Å². The molecule has 108 valence electrons. The van der Waals surface area contributed by atoms with E-state index in [2.05, 4.69) is 10.3 Å². The Morgan fingerprint density at radius 3 is 2.95 bits per heavy atom.